The second-order valence-corrected chi connectivity index (χ2v) is 8.85. The lowest BCUT2D eigenvalue weighted by Gasteiger charge is -2.31. The first kappa shape index (κ1) is 18.3. The van der Waals surface area contributed by atoms with Crippen LogP contribution in [0.1, 0.15) is 21.5 Å². The SMILES string of the molecule is O=C1C(=Cc2c[nH]c3ccccc23)N(Cc2cccnc2)S(=O)(=O)c2ccccc21. The normalized spacial score (nSPS) is 16.7. The Hall–Kier alpha value is -3.71. The number of nitrogens with zero attached hydrogens (tertiary/aromatic N) is 2. The van der Waals surface area contributed by atoms with E-state index in [4.69, 9.17) is 0 Å². The number of aromatic amines is 1. The number of rotatable bonds is 3. The third kappa shape index (κ3) is 2.91. The van der Waals surface area contributed by atoms with Crippen molar-refractivity contribution >= 4 is 32.8 Å². The van der Waals surface area contributed by atoms with Crippen molar-refractivity contribution in [2.45, 2.75) is 11.4 Å². The van der Waals surface area contributed by atoms with E-state index in [0.29, 0.717) is 5.56 Å². The van der Waals surface area contributed by atoms with Gasteiger partial charge in [-0.15, -0.1) is 0 Å². The Labute approximate surface area is 173 Å². The summed E-state index contributed by atoms with van der Waals surface area (Å²) in [5.41, 5.74) is 2.65. The minimum Gasteiger partial charge on any atom is -0.361 e. The molecule has 0 saturated carbocycles. The van der Waals surface area contributed by atoms with Gasteiger partial charge in [-0.25, -0.2) is 8.42 Å². The molecule has 30 heavy (non-hydrogen) atoms. The van der Waals surface area contributed by atoms with E-state index >= 15 is 0 Å². The van der Waals surface area contributed by atoms with Crippen LogP contribution < -0.4 is 0 Å². The monoisotopic (exact) mass is 415 g/mol. The summed E-state index contributed by atoms with van der Waals surface area (Å²) in [6.07, 6.45) is 6.65. The molecule has 1 aliphatic rings. The van der Waals surface area contributed by atoms with Gasteiger partial charge < -0.3 is 4.98 Å². The number of Topliss-reactive ketones (excluding diaryl/α,β-unsaturated/α-hetero) is 1. The first-order valence-electron chi connectivity index (χ1n) is 9.39. The van der Waals surface area contributed by atoms with Crippen molar-refractivity contribution < 1.29 is 13.2 Å². The Morgan fingerprint density at radius 2 is 1.80 bits per heavy atom. The van der Waals surface area contributed by atoms with E-state index in [1.165, 1.54) is 10.4 Å². The summed E-state index contributed by atoms with van der Waals surface area (Å²) < 4.78 is 28.1. The zero-order chi connectivity index (χ0) is 20.7. The van der Waals surface area contributed by atoms with E-state index in [1.54, 1.807) is 55.0 Å². The Morgan fingerprint density at radius 1 is 1.00 bits per heavy atom. The second-order valence-electron chi connectivity index (χ2n) is 7.02. The molecule has 0 saturated heterocycles. The van der Waals surface area contributed by atoms with E-state index < -0.39 is 10.0 Å². The van der Waals surface area contributed by atoms with Crippen LogP contribution in [-0.4, -0.2) is 28.5 Å². The summed E-state index contributed by atoms with van der Waals surface area (Å²) in [6, 6.07) is 17.5. The molecule has 0 spiro atoms. The number of carbonyl (C=O) groups is 1. The zero-order valence-electron chi connectivity index (χ0n) is 15.8. The highest BCUT2D eigenvalue weighted by Crippen LogP contribution is 2.35. The van der Waals surface area contributed by atoms with Crippen molar-refractivity contribution in [3.63, 3.8) is 0 Å². The summed E-state index contributed by atoms with van der Waals surface area (Å²) in [6.45, 7) is 0.0183. The number of hydrogen-bond donors (Lipinski definition) is 1. The van der Waals surface area contributed by atoms with Crippen molar-refractivity contribution in [3.8, 4) is 0 Å². The Kier molecular flexibility index (Phi) is 4.25. The predicted octanol–water partition coefficient (Wildman–Crippen LogP) is 3.99. The van der Waals surface area contributed by atoms with Crippen molar-refractivity contribution in [3.05, 3.63) is 102 Å². The van der Waals surface area contributed by atoms with Gasteiger partial charge in [0.05, 0.1) is 11.4 Å². The molecule has 2 aromatic heterocycles. The molecule has 0 aliphatic carbocycles. The van der Waals surface area contributed by atoms with E-state index in [2.05, 4.69) is 9.97 Å². The van der Waals surface area contributed by atoms with E-state index in [-0.39, 0.29) is 28.5 Å². The van der Waals surface area contributed by atoms with Crippen LogP contribution in [0.5, 0.6) is 0 Å². The lowest BCUT2D eigenvalue weighted by molar-refractivity contribution is 0.100. The molecule has 1 N–H and O–H groups in total. The van der Waals surface area contributed by atoms with Crippen molar-refractivity contribution in [1.82, 2.24) is 14.3 Å². The summed E-state index contributed by atoms with van der Waals surface area (Å²) >= 11 is 0. The largest absolute Gasteiger partial charge is 0.361 e. The number of aromatic nitrogens is 2. The fourth-order valence-corrected chi connectivity index (χ4v) is 5.34. The van der Waals surface area contributed by atoms with Gasteiger partial charge in [0, 0.05) is 40.6 Å². The molecule has 3 heterocycles. The number of sulfonamides is 1. The number of pyridine rings is 1. The third-order valence-corrected chi connectivity index (χ3v) is 6.98. The molecular weight excluding hydrogens is 398 g/mol. The summed E-state index contributed by atoms with van der Waals surface area (Å²) in [5.74, 6) is -0.324. The minimum atomic E-state index is -3.91. The number of allylic oxidation sites excluding steroid dienone is 1. The second kappa shape index (κ2) is 6.96. The van der Waals surface area contributed by atoms with Crippen LogP contribution in [0.4, 0.5) is 0 Å². The molecule has 1 aliphatic heterocycles. The first-order chi connectivity index (χ1) is 14.6. The maximum atomic E-state index is 13.5. The van der Waals surface area contributed by atoms with Gasteiger partial charge in [-0.2, -0.15) is 0 Å². The summed E-state index contributed by atoms with van der Waals surface area (Å²) in [7, 11) is -3.91. The van der Waals surface area contributed by atoms with Gasteiger partial charge in [0.1, 0.15) is 5.70 Å². The highest BCUT2D eigenvalue weighted by molar-refractivity contribution is 7.89. The number of carbonyl (C=O) groups excluding carboxylic acids is 1. The number of benzene rings is 2. The van der Waals surface area contributed by atoms with Crippen LogP contribution in [0.25, 0.3) is 17.0 Å². The highest BCUT2D eigenvalue weighted by atomic mass is 32.2. The summed E-state index contributed by atoms with van der Waals surface area (Å²) in [5, 5.41) is 0.912. The number of nitrogens with one attached hydrogen (secondary N) is 1. The topological polar surface area (TPSA) is 83.1 Å². The maximum absolute atomic E-state index is 13.5. The van der Waals surface area contributed by atoms with Crippen LogP contribution >= 0.6 is 0 Å². The van der Waals surface area contributed by atoms with Crippen LogP contribution in [0.15, 0.2) is 89.8 Å². The van der Waals surface area contributed by atoms with Crippen LogP contribution in [-0.2, 0) is 16.6 Å². The van der Waals surface area contributed by atoms with Crippen molar-refractivity contribution in [2.75, 3.05) is 0 Å². The van der Waals surface area contributed by atoms with Gasteiger partial charge in [-0.1, -0.05) is 36.4 Å². The zero-order valence-corrected chi connectivity index (χ0v) is 16.6. The number of para-hydroxylation sites is 1. The van der Waals surface area contributed by atoms with E-state index in [0.717, 1.165) is 16.5 Å². The van der Waals surface area contributed by atoms with Gasteiger partial charge in [0.25, 0.3) is 10.0 Å². The van der Waals surface area contributed by atoms with Gasteiger partial charge in [0.15, 0.2) is 0 Å². The average molecular weight is 415 g/mol. The van der Waals surface area contributed by atoms with Crippen molar-refractivity contribution in [1.29, 1.82) is 0 Å². The number of hydrogen-bond acceptors (Lipinski definition) is 4. The Morgan fingerprint density at radius 3 is 2.63 bits per heavy atom. The molecule has 0 amide bonds. The molecule has 6 nitrogen and oxygen atoms in total. The maximum Gasteiger partial charge on any atom is 0.265 e. The molecule has 7 heteroatoms. The molecular formula is C23H17N3O3S. The fourth-order valence-electron chi connectivity index (χ4n) is 3.70. The average Bonchev–Trinajstić information content (AvgIpc) is 3.18. The molecule has 5 rings (SSSR count). The fraction of sp³-hybridized carbons (Fsp3) is 0.0435. The molecule has 4 aromatic rings. The van der Waals surface area contributed by atoms with E-state index in [1.807, 2.05) is 24.3 Å². The van der Waals surface area contributed by atoms with E-state index in [9.17, 15) is 13.2 Å². The van der Waals surface area contributed by atoms with Crippen LogP contribution in [0.3, 0.4) is 0 Å². The number of H-pyrrole nitrogens is 1. The first-order valence-corrected chi connectivity index (χ1v) is 10.8. The molecule has 2 aromatic carbocycles. The molecule has 0 fully saturated rings. The lowest BCUT2D eigenvalue weighted by atomic mass is 10.0. The van der Waals surface area contributed by atoms with Gasteiger partial charge >= 0.3 is 0 Å². The standard InChI is InChI=1S/C23H17N3O3S/c27-23-19-8-2-4-10-22(19)30(28,29)26(15-16-6-5-11-24-13-16)21(23)12-17-14-25-20-9-3-1-7-18(17)20/h1-14,25H,15H2. The Bertz CT molecular complexity index is 1410. The minimum absolute atomic E-state index is 0.0183. The van der Waals surface area contributed by atoms with Gasteiger partial charge in [-0.3, -0.25) is 14.1 Å². The molecule has 0 bridgehead atoms. The van der Waals surface area contributed by atoms with Crippen LogP contribution in [0.2, 0.25) is 0 Å². The molecule has 0 atom stereocenters. The van der Waals surface area contributed by atoms with Crippen LogP contribution in [0, 0.1) is 0 Å². The van der Waals surface area contributed by atoms with Gasteiger partial charge in [-0.05, 0) is 35.9 Å². The summed E-state index contributed by atoms with van der Waals surface area (Å²) in [4.78, 5) is 20.6. The molecule has 0 unspecified atom stereocenters. The van der Waals surface area contributed by atoms with Gasteiger partial charge in [0.2, 0.25) is 5.78 Å². The highest BCUT2D eigenvalue weighted by Gasteiger charge is 2.39. The third-order valence-electron chi connectivity index (χ3n) is 5.16. The smallest absolute Gasteiger partial charge is 0.265 e. The number of ketones is 1. The lowest BCUT2D eigenvalue weighted by Crippen LogP contribution is -2.38. The number of fused-ring (bicyclic) bond motifs is 2. The quantitative estimate of drug-likeness (QED) is 0.513. The predicted molar refractivity (Wildman–Crippen MR) is 114 cm³/mol. The Balaban J connectivity index is 1.72. The van der Waals surface area contributed by atoms with Crippen molar-refractivity contribution in [2.24, 2.45) is 0 Å². The molecule has 148 valence electrons. The molecule has 0 radical (unpaired) electrons.